The molecule has 1 amide bonds. The van der Waals surface area contributed by atoms with Crippen molar-refractivity contribution in [3.05, 3.63) is 36.3 Å². The Bertz CT molecular complexity index is 800. The number of carbonyl (C=O) groups excluding carboxylic acids is 1. The van der Waals surface area contributed by atoms with Gasteiger partial charge < -0.3 is 5.32 Å². The predicted octanol–water partition coefficient (Wildman–Crippen LogP) is -0.0103. The minimum Gasteiger partial charge on any atom is -0.351 e. The maximum Gasteiger partial charge on any atom is 0.235 e. The normalized spacial score (nSPS) is 11.7. The molecule has 2 heterocycles. The molecule has 0 saturated carbocycles. The van der Waals surface area contributed by atoms with E-state index in [0.717, 1.165) is 27.4 Å². The van der Waals surface area contributed by atoms with Crippen molar-refractivity contribution in [2.24, 2.45) is 7.05 Å². The molecule has 23 heavy (non-hydrogen) atoms. The molecule has 0 aliphatic rings. The lowest BCUT2D eigenvalue weighted by Gasteiger charge is -2.13. The van der Waals surface area contributed by atoms with Gasteiger partial charge in [-0.2, -0.15) is 9.40 Å². The van der Waals surface area contributed by atoms with E-state index in [9.17, 15) is 13.2 Å². The Morgan fingerprint density at radius 3 is 2.74 bits per heavy atom. The van der Waals surface area contributed by atoms with Crippen LogP contribution in [0.4, 0.5) is 0 Å². The number of hydrogen-bond acceptors (Lipinski definition) is 5. The van der Waals surface area contributed by atoms with Crippen LogP contribution in [0, 0.1) is 0 Å². The van der Waals surface area contributed by atoms with Gasteiger partial charge in [0.05, 0.1) is 18.5 Å². The second-order valence-electron chi connectivity index (χ2n) is 5.22. The Morgan fingerprint density at radius 1 is 1.39 bits per heavy atom. The van der Waals surface area contributed by atoms with Crippen LogP contribution in [0.3, 0.4) is 0 Å². The van der Waals surface area contributed by atoms with E-state index < -0.39 is 10.0 Å². The van der Waals surface area contributed by atoms with Crippen molar-refractivity contribution in [1.29, 1.82) is 0 Å². The number of aromatic nitrogens is 3. The highest BCUT2D eigenvalue weighted by atomic mass is 32.2. The molecular formula is C14H19N5O3S. The molecular weight excluding hydrogens is 318 g/mol. The highest BCUT2D eigenvalue weighted by molar-refractivity contribution is 7.88. The van der Waals surface area contributed by atoms with E-state index in [-0.39, 0.29) is 19.0 Å². The summed E-state index contributed by atoms with van der Waals surface area (Å²) in [6.45, 7) is 0.0583. The summed E-state index contributed by atoms with van der Waals surface area (Å²) >= 11 is 0. The molecule has 0 spiro atoms. The third kappa shape index (κ3) is 4.60. The van der Waals surface area contributed by atoms with Crippen molar-refractivity contribution < 1.29 is 13.2 Å². The summed E-state index contributed by atoms with van der Waals surface area (Å²) < 4.78 is 25.3. The predicted molar refractivity (Wildman–Crippen MR) is 85.8 cm³/mol. The lowest BCUT2D eigenvalue weighted by Crippen LogP contribution is -2.37. The zero-order chi connectivity index (χ0) is 17.0. The summed E-state index contributed by atoms with van der Waals surface area (Å²) in [5.74, 6) is -0.371. The number of hydrogen-bond donors (Lipinski definition) is 1. The summed E-state index contributed by atoms with van der Waals surface area (Å²) in [6, 6.07) is 3.78. The Kier molecular flexibility index (Phi) is 5.12. The van der Waals surface area contributed by atoms with Gasteiger partial charge in [0.2, 0.25) is 15.9 Å². The lowest BCUT2D eigenvalue weighted by atomic mass is 10.1. The number of aryl methyl sites for hydroxylation is 1. The minimum atomic E-state index is -3.37. The average molecular weight is 337 g/mol. The van der Waals surface area contributed by atoms with Crippen LogP contribution in [0.2, 0.25) is 0 Å². The Morgan fingerprint density at radius 2 is 2.13 bits per heavy atom. The molecule has 0 unspecified atom stereocenters. The van der Waals surface area contributed by atoms with Crippen LogP contribution in [0.15, 0.2) is 30.7 Å². The number of nitrogens with zero attached hydrogens (tertiary/aromatic N) is 4. The van der Waals surface area contributed by atoms with Gasteiger partial charge in [0.25, 0.3) is 0 Å². The van der Waals surface area contributed by atoms with Crippen LogP contribution < -0.4 is 5.32 Å². The van der Waals surface area contributed by atoms with Gasteiger partial charge in [-0.05, 0) is 17.7 Å². The minimum absolute atomic E-state index is 0.215. The summed E-state index contributed by atoms with van der Waals surface area (Å²) in [7, 11) is -0.173. The summed E-state index contributed by atoms with van der Waals surface area (Å²) in [5.41, 5.74) is 2.63. The van der Waals surface area contributed by atoms with E-state index in [4.69, 9.17) is 0 Å². The standard InChI is InChI=1S/C14H19N5O3S/c1-18(23(3,21)22)10-14(20)16-8-11-6-12(9-15-7-11)13-4-5-17-19(13)2/h4-7,9H,8,10H2,1-3H3,(H,16,20). The van der Waals surface area contributed by atoms with Crippen molar-refractivity contribution in [2.75, 3.05) is 19.8 Å². The Hall–Kier alpha value is -2.26. The number of likely N-dealkylation sites (N-methyl/N-ethyl adjacent to an activating group) is 1. The lowest BCUT2D eigenvalue weighted by molar-refractivity contribution is -0.121. The molecule has 2 aromatic rings. The second-order valence-corrected chi connectivity index (χ2v) is 7.31. The molecule has 2 rings (SSSR count). The molecule has 9 heteroatoms. The largest absolute Gasteiger partial charge is 0.351 e. The van der Waals surface area contributed by atoms with Gasteiger partial charge in [-0.25, -0.2) is 8.42 Å². The monoisotopic (exact) mass is 337 g/mol. The van der Waals surface area contributed by atoms with Crippen molar-refractivity contribution >= 4 is 15.9 Å². The zero-order valence-corrected chi connectivity index (χ0v) is 14.0. The quantitative estimate of drug-likeness (QED) is 0.799. The van der Waals surface area contributed by atoms with Gasteiger partial charge >= 0.3 is 0 Å². The molecule has 124 valence electrons. The highest BCUT2D eigenvalue weighted by Gasteiger charge is 2.14. The van der Waals surface area contributed by atoms with Crippen molar-refractivity contribution in [1.82, 2.24) is 24.4 Å². The molecule has 0 aliphatic carbocycles. The molecule has 1 N–H and O–H groups in total. The number of pyridine rings is 1. The van der Waals surface area contributed by atoms with Gasteiger partial charge in [-0.1, -0.05) is 0 Å². The van der Waals surface area contributed by atoms with Crippen molar-refractivity contribution in [2.45, 2.75) is 6.54 Å². The van der Waals surface area contributed by atoms with E-state index >= 15 is 0 Å². The third-order valence-corrected chi connectivity index (χ3v) is 4.60. The first-order chi connectivity index (χ1) is 10.8. The third-order valence-electron chi connectivity index (χ3n) is 3.33. The van der Waals surface area contributed by atoms with E-state index in [1.54, 1.807) is 23.3 Å². The molecule has 0 radical (unpaired) electrons. The molecule has 2 aromatic heterocycles. The number of carbonyl (C=O) groups is 1. The fourth-order valence-electron chi connectivity index (χ4n) is 1.96. The SMILES string of the molecule is CN(CC(=O)NCc1cncc(-c2ccnn2C)c1)S(C)(=O)=O. The molecule has 0 aliphatic heterocycles. The molecule has 0 bridgehead atoms. The second kappa shape index (κ2) is 6.88. The number of rotatable bonds is 6. The van der Waals surface area contributed by atoms with Gasteiger partial charge in [0, 0.05) is 44.8 Å². The van der Waals surface area contributed by atoms with E-state index in [2.05, 4.69) is 15.4 Å². The first kappa shape index (κ1) is 17.1. The van der Waals surface area contributed by atoms with Gasteiger partial charge in [0.1, 0.15) is 0 Å². The Labute approximate surface area is 135 Å². The fraction of sp³-hybridized carbons (Fsp3) is 0.357. The average Bonchev–Trinajstić information content (AvgIpc) is 2.90. The number of amides is 1. The maximum atomic E-state index is 11.8. The molecule has 0 fully saturated rings. The van der Waals surface area contributed by atoms with E-state index in [0.29, 0.717) is 0 Å². The zero-order valence-electron chi connectivity index (χ0n) is 13.2. The molecule has 0 atom stereocenters. The van der Waals surface area contributed by atoms with E-state index in [1.807, 2.05) is 19.2 Å². The van der Waals surface area contributed by atoms with Crippen molar-refractivity contribution in [3.8, 4) is 11.3 Å². The molecule has 8 nitrogen and oxygen atoms in total. The summed E-state index contributed by atoms with van der Waals surface area (Å²) in [5, 5.41) is 6.79. The first-order valence-corrected chi connectivity index (χ1v) is 8.72. The van der Waals surface area contributed by atoms with Crippen molar-refractivity contribution in [3.63, 3.8) is 0 Å². The summed E-state index contributed by atoms with van der Waals surface area (Å²) in [4.78, 5) is 16.0. The molecule has 0 saturated heterocycles. The highest BCUT2D eigenvalue weighted by Crippen LogP contribution is 2.17. The van der Waals surface area contributed by atoms with Crippen LogP contribution in [-0.4, -0.2) is 53.2 Å². The van der Waals surface area contributed by atoms with Crippen LogP contribution >= 0.6 is 0 Å². The topological polar surface area (TPSA) is 97.2 Å². The van der Waals surface area contributed by atoms with Crippen LogP contribution in [0.1, 0.15) is 5.56 Å². The van der Waals surface area contributed by atoms with Gasteiger partial charge in [0.15, 0.2) is 0 Å². The number of sulfonamides is 1. The smallest absolute Gasteiger partial charge is 0.235 e. The van der Waals surface area contributed by atoms with E-state index in [1.165, 1.54) is 7.05 Å². The first-order valence-electron chi connectivity index (χ1n) is 6.87. The van der Waals surface area contributed by atoms with Crippen LogP contribution in [0.5, 0.6) is 0 Å². The summed E-state index contributed by atoms with van der Waals surface area (Å²) in [6.07, 6.45) is 6.13. The van der Waals surface area contributed by atoms with Gasteiger partial charge in [-0.15, -0.1) is 0 Å². The van der Waals surface area contributed by atoms with Crippen LogP contribution in [-0.2, 0) is 28.4 Å². The van der Waals surface area contributed by atoms with Gasteiger partial charge in [-0.3, -0.25) is 14.5 Å². The molecule has 0 aromatic carbocycles. The Balaban J connectivity index is 1.99. The fourth-order valence-corrected chi connectivity index (χ4v) is 2.31. The van der Waals surface area contributed by atoms with Crippen LogP contribution in [0.25, 0.3) is 11.3 Å². The number of nitrogens with one attached hydrogen (secondary N) is 1. The maximum absolute atomic E-state index is 11.8.